The van der Waals surface area contributed by atoms with Crippen molar-refractivity contribution in [2.75, 3.05) is 11.5 Å². The van der Waals surface area contributed by atoms with Gasteiger partial charge in [-0.05, 0) is 35.7 Å². The largest absolute Gasteiger partial charge is 0.457 e. The molecule has 4 nitrogen and oxygen atoms in total. The van der Waals surface area contributed by atoms with Crippen LogP contribution in [0.5, 0.6) is 0 Å². The number of hydrogen-bond donors (Lipinski definition) is 2. The first-order chi connectivity index (χ1) is 9.60. The van der Waals surface area contributed by atoms with Crippen molar-refractivity contribution in [3.8, 4) is 0 Å². The van der Waals surface area contributed by atoms with Crippen LogP contribution in [0, 0.1) is 0 Å². The van der Waals surface area contributed by atoms with Crippen molar-refractivity contribution in [1.82, 2.24) is 0 Å². The van der Waals surface area contributed by atoms with Crippen molar-refractivity contribution in [2.24, 2.45) is 0 Å². The highest BCUT2D eigenvalue weighted by molar-refractivity contribution is 5.95. The van der Waals surface area contributed by atoms with Crippen molar-refractivity contribution >= 4 is 17.3 Å². The van der Waals surface area contributed by atoms with Gasteiger partial charge >= 0.3 is 5.97 Å². The third kappa shape index (κ3) is 3.29. The van der Waals surface area contributed by atoms with E-state index in [0.717, 1.165) is 12.0 Å². The zero-order valence-corrected chi connectivity index (χ0v) is 11.4. The van der Waals surface area contributed by atoms with Crippen LogP contribution in [0.15, 0.2) is 42.5 Å². The Hall–Kier alpha value is -2.49. The first-order valence-corrected chi connectivity index (χ1v) is 6.50. The predicted molar refractivity (Wildman–Crippen MR) is 80.2 cm³/mol. The lowest BCUT2D eigenvalue weighted by Gasteiger charge is -2.08. The highest BCUT2D eigenvalue weighted by Gasteiger charge is 2.11. The lowest BCUT2D eigenvalue weighted by Crippen LogP contribution is -2.08. The number of carbonyl (C=O) groups is 1. The zero-order chi connectivity index (χ0) is 14.5. The van der Waals surface area contributed by atoms with Gasteiger partial charge in [-0.2, -0.15) is 0 Å². The van der Waals surface area contributed by atoms with E-state index in [1.807, 2.05) is 24.3 Å². The standard InChI is InChI=1S/C16H18N2O2/c1-2-11-3-5-12(6-4-11)10-20-16(19)14-8-7-13(17)9-15(14)18/h3-9H,2,10,17-18H2,1H3. The van der Waals surface area contributed by atoms with E-state index in [1.54, 1.807) is 18.2 Å². The molecule has 0 aromatic heterocycles. The van der Waals surface area contributed by atoms with Crippen LogP contribution >= 0.6 is 0 Å². The molecule has 104 valence electrons. The molecule has 0 fully saturated rings. The van der Waals surface area contributed by atoms with Gasteiger partial charge in [0.1, 0.15) is 6.61 Å². The minimum absolute atomic E-state index is 0.229. The van der Waals surface area contributed by atoms with Gasteiger partial charge in [0.05, 0.1) is 5.56 Å². The summed E-state index contributed by atoms with van der Waals surface area (Å²) in [5.41, 5.74) is 14.7. The Morgan fingerprint density at radius 1 is 1.05 bits per heavy atom. The highest BCUT2D eigenvalue weighted by Crippen LogP contribution is 2.17. The number of carbonyl (C=O) groups excluding carboxylic acids is 1. The molecule has 20 heavy (non-hydrogen) atoms. The fraction of sp³-hybridized carbons (Fsp3) is 0.188. The van der Waals surface area contributed by atoms with Crippen LogP contribution in [0.4, 0.5) is 11.4 Å². The SMILES string of the molecule is CCc1ccc(COC(=O)c2ccc(N)cc2N)cc1. The summed E-state index contributed by atoms with van der Waals surface area (Å²) in [6.45, 7) is 2.32. The maximum atomic E-state index is 11.9. The molecule has 4 N–H and O–H groups in total. The smallest absolute Gasteiger partial charge is 0.340 e. The van der Waals surface area contributed by atoms with Crippen LogP contribution in [-0.4, -0.2) is 5.97 Å². The first kappa shape index (κ1) is 13.9. The van der Waals surface area contributed by atoms with Gasteiger partial charge in [0.25, 0.3) is 0 Å². The summed E-state index contributed by atoms with van der Waals surface area (Å²) in [5, 5.41) is 0. The fourth-order valence-electron chi connectivity index (χ4n) is 1.86. The molecule has 0 saturated carbocycles. The maximum Gasteiger partial charge on any atom is 0.340 e. The van der Waals surface area contributed by atoms with Crippen LogP contribution in [0.25, 0.3) is 0 Å². The van der Waals surface area contributed by atoms with Gasteiger partial charge in [-0.25, -0.2) is 4.79 Å². The summed E-state index contributed by atoms with van der Waals surface area (Å²) in [6.07, 6.45) is 0.988. The molecule has 2 aromatic rings. The van der Waals surface area contributed by atoms with Crippen LogP contribution in [0.1, 0.15) is 28.4 Å². The Morgan fingerprint density at radius 2 is 1.70 bits per heavy atom. The highest BCUT2D eigenvalue weighted by atomic mass is 16.5. The number of benzene rings is 2. The monoisotopic (exact) mass is 270 g/mol. The van der Waals surface area contributed by atoms with E-state index in [1.165, 1.54) is 5.56 Å². The molecule has 0 heterocycles. The molecular formula is C16H18N2O2. The second kappa shape index (κ2) is 6.10. The van der Waals surface area contributed by atoms with Crippen molar-refractivity contribution in [3.05, 3.63) is 59.2 Å². The molecule has 0 atom stereocenters. The van der Waals surface area contributed by atoms with E-state index in [-0.39, 0.29) is 6.61 Å². The Balaban J connectivity index is 2.00. The third-order valence-corrected chi connectivity index (χ3v) is 3.10. The van der Waals surface area contributed by atoms with Gasteiger partial charge in [0.15, 0.2) is 0 Å². The maximum absolute atomic E-state index is 11.9. The summed E-state index contributed by atoms with van der Waals surface area (Å²) < 4.78 is 5.25. The van der Waals surface area contributed by atoms with Gasteiger partial charge in [0, 0.05) is 11.4 Å². The number of ether oxygens (including phenoxy) is 1. The van der Waals surface area contributed by atoms with E-state index >= 15 is 0 Å². The van der Waals surface area contributed by atoms with Crippen LogP contribution < -0.4 is 11.5 Å². The second-order valence-electron chi connectivity index (χ2n) is 4.59. The van der Waals surface area contributed by atoms with Gasteiger partial charge in [-0.3, -0.25) is 0 Å². The molecule has 0 aliphatic carbocycles. The summed E-state index contributed by atoms with van der Waals surface area (Å²) in [7, 11) is 0. The van der Waals surface area contributed by atoms with Gasteiger partial charge in [0.2, 0.25) is 0 Å². The summed E-state index contributed by atoms with van der Waals surface area (Å²) in [6, 6.07) is 12.7. The van der Waals surface area contributed by atoms with Crippen molar-refractivity contribution in [1.29, 1.82) is 0 Å². The number of aryl methyl sites for hydroxylation is 1. The lowest BCUT2D eigenvalue weighted by molar-refractivity contribution is 0.0474. The molecule has 0 saturated heterocycles. The number of nitrogen functional groups attached to an aromatic ring is 2. The molecular weight excluding hydrogens is 252 g/mol. The summed E-state index contributed by atoms with van der Waals surface area (Å²) >= 11 is 0. The molecule has 0 radical (unpaired) electrons. The molecule has 0 amide bonds. The van der Waals surface area contributed by atoms with Crippen molar-refractivity contribution < 1.29 is 9.53 Å². The molecule has 2 rings (SSSR count). The topological polar surface area (TPSA) is 78.3 Å². The quantitative estimate of drug-likeness (QED) is 0.661. The van der Waals surface area contributed by atoms with E-state index in [0.29, 0.717) is 16.9 Å². The molecule has 0 bridgehead atoms. The third-order valence-electron chi connectivity index (χ3n) is 3.10. The number of rotatable bonds is 4. The minimum atomic E-state index is -0.443. The molecule has 0 spiro atoms. The number of hydrogen-bond acceptors (Lipinski definition) is 4. The number of nitrogens with two attached hydrogens (primary N) is 2. The summed E-state index contributed by atoms with van der Waals surface area (Å²) in [4.78, 5) is 11.9. The lowest BCUT2D eigenvalue weighted by atomic mass is 10.1. The fourth-order valence-corrected chi connectivity index (χ4v) is 1.86. The molecule has 0 aliphatic heterocycles. The number of esters is 1. The van der Waals surface area contributed by atoms with E-state index < -0.39 is 5.97 Å². The van der Waals surface area contributed by atoms with Crippen LogP contribution in [0.3, 0.4) is 0 Å². The van der Waals surface area contributed by atoms with E-state index in [2.05, 4.69) is 6.92 Å². The Morgan fingerprint density at radius 3 is 2.30 bits per heavy atom. The molecule has 2 aromatic carbocycles. The summed E-state index contributed by atoms with van der Waals surface area (Å²) in [5.74, 6) is -0.443. The van der Waals surface area contributed by atoms with Crippen molar-refractivity contribution in [3.63, 3.8) is 0 Å². The molecule has 4 heteroatoms. The Bertz CT molecular complexity index is 606. The van der Waals surface area contributed by atoms with Gasteiger partial charge < -0.3 is 16.2 Å². The minimum Gasteiger partial charge on any atom is -0.457 e. The second-order valence-corrected chi connectivity index (χ2v) is 4.59. The van der Waals surface area contributed by atoms with E-state index in [9.17, 15) is 4.79 Å². The van der Waals surface area contributed by atoms with E-state index in [4.69, 9.17) is 16.2 Å². The normalized spacial score (nSPS) is 10.2. The average molecular weight is 270 g/mol. The number of anilines is 2. The Kier molecular flexibility index (Phi) is 4.25. The average Bonchev–Trinajstić information content (AvgIpc) is 2.45. The van der Waals surface area contributed by atoms with Crippen molar-refractivity contribution in [2.45, 2.75) is 20.0 Å². The van der Waals surface area contributed by atoms with Gasteiger partial charge in [-0.15, -0.1) is 0 Å². The van der Waals surface area contributed by atoms with Crippen LogP contribution in [0.2, 0.25) is 0 Å². The van der Waals surface area contributed by atoms with Crippen LogP contribution in [-0.2, 0) is 17.8 Å². The Labute approximate surface area is 118 Å². The van der Waals surface area contributed by atoms with Gasteiger partial charge in [-0.1, -0.05) is 31.2 Å². The molecule has 0 unspecified atom stereocenters. The zero-order valence-electron chi connectivity index (χ0n) is 11.4. The molecule has 0 aliphatic rings. The first-order valence-electron chi connectivity index (χ1n) is 6.50. The predicted octanol–water partition coefficient (Wildman–Crippen LogP) is 2.77.